The molecule has 1 fully saturated rings. The highest BCUT2D eigenvalue weighted by Gasteiger charge is 2.35. The maximum Gasteiger partial charge on any atom is 0.227 e. The molecular formula is C29H31N3O. The van der Waals surface area contributed by atoms with E-state index in [4.69, 9.17) is 4.98 Å². The maximum absolute atomic E-state index is 13.1. The Morgan fingerprint density at radius 1 is 0.970 bits per heavy atom. The van der Waals surface area contributed by atoms with E-state index in [0.29, 0.717) is 13.0 Å². The fourth-order valence-electron chi connectivity index (χ4n) is 4.99. The Morgan fingerprint density at radius 3 is 2.45 bits per heavy atom. The number of hydrogen-bond donors (Lipinski definition) is 0. The van der Waals surface area contributed by atoms with Crippen LogP contribution in [-0.4, -0.2) is 22.0 Å². The van der Waals surface area contributed by atoms with Crippen molar-refractivity contribution < 1.29 is 4.79 Å². The lowest BCUT2D eigenvalue weighted by Crippen LogP contribution is -2.24. The predicted molar refractivity (Wildman–Crippen MR) is 135 cm³/mol. The Morgan fingerprint density at radius 2 is 1.70 bits per heavy atom. The molecule has 1 amide bonds. The highest BCUT2D eigenvalue weighted by atomic mass is 16.2. The summed E-state index contributed by atoms with van der Waals surface area (Å²) in [6.07, 6.45) is 3.97. The zero-order chi connectivity index (χ0) is 22.8. The third-order valence-corrected chi connectivity index (χ3v) is 6.85. The van der Waals surface area contributed by atoms with Gasteiger partial charge in [0, 0.05) is 24.6 Å². The van der Waals surface area contributed by atoms with Crippen LogP contribution >= 0.6 is 0 Å². The van der Waals surface area contributed by atoms with Gasteiger partial charge in [0.15, 0.2) is 0 Å². The summed E-state index contributed by atoms with van der Waals surface area (Å²) >= 11 is 0. The number of carbonyl (C=O) groups excluding carboxylic acids is 1. The van der Waals surface area contributed by atoms with E-state index in [9.17, 15) is 4.79 Å². The number of benzene rings is 3. The Hall–Kier alpha value is -3.40. The molecule has 2 heterocycles. The number of aryl methyl sites for hydroxylation is 1. The first-order valence-electron chi connectivity index (χ1n) is 12.1. The molecular weight excluding hydrogens is 406 g/mol. The van der Waals surface area contributed by atoms with Crippen LogP contribution in [0.3, 0.4) is 0 Å². The second-order valence-corrected chi connectivity index (χ2v) is 9.09. The van der Waals surface area contributed by atoms with Crippen molar-refractivity contribution in [3.05, 3.63) is 95.8 Å². The zero-order valence-electron chi connectivity index (χ0n) is 19.4. The van der Waals surface area contributed by atoms with Crippen molar-refractivity contribution in [1.82, 2.24) is 9.55 Å². The summed E-state index contributed by atoms with van der Waals surface area (Å²) < 4.78 is 2.33. The highest BCUT2D eigenvalue weighted by molar-refractivity contribution is 5.96. The summed E-state index contributed by atoms with van der Waals surface area (Å²) in [4.78, 5) is 20.0. The highest BCUT2D eigenvalue weighted by Crippen LogP contribution is 2.36. The number of amides is 1. The number of carbonyl (C=O) groups is 1. The van der Waals surface area contributed by atoms with E-state index in [-0.39, 0.29) is 17.9 Å². The molecule has 1 aliphatic rings. The van der Waals surface area contributed by atoms with Crippen LogP contribution in [0.1, 0.15) is 62.0 Å². The van der Waals surface area contributed by atoms with E-state index < -0.39 is 0 Å². The number of anilines is 1. The van der Waals surface area contributed by atoms with Crippen LogP contribution in [0.5, 0.6) is 0 Å². The lowest BCUT2D eigenvalue weighted by Gasteiger charge is -2.21. The predicted octanol–water partition coefficient (Wildman–Crippen LogP) is 6.51. The fourth-order valence-corrected chi connectivity index (χ4v) is 4.99. The van der Waals surface area contributed by atoms with E-state index in [0.717, 1.165) is 29.0 Å². The van der Waals surface area contributed by atoms with Gasteiger partial charge >= 0.3 is 0 Å². The molecule has 1 aromatic heterocycles. The SMILES string of the molecule is CCCCc1ccc(N2CC(c3nc4ccccc4n3C(C)c3ccccc3)CC2=O)cc1. The van der Waals surface area contributed by atoms with Gasteiger partial charge in [-0.25, -0.2) is 4.98 Å². The second kappa shape index (κ2) is 9.22. The molecule has 0 radical (unpaired) electrons. The van der Waals surface area contributed by atoms with Gasteiger partial charge in [-0.15, -0.1) is 0 Å². The van der Waals surface area contributed by atoms with Gasteiger partial charge in [0.25, 0.3) is 0 Å². The molecule has 0 spiro atoms. The first-order valence-corrected chi connectivity index (χ1v) is 12.1. The zero-order valence-corrected chi connectivity index (χ0v) is 19.4. The van der Waals surface area contributed by atoms with Crippen molar-refractivity contribution in [1.29, 1.82) is 0 Å². The summed E-state index contributed by atoms with van der Waals surface area (Å²) in [6, 6.07) is 27.5. The first-order chi connectivity index (χ1) is 16.2. The van der Waals surface area contributed by atoms with Crippen molar-refractivity contribution in [2.24, 2.45) is 0 Å². The number of fused-ring (bicyclic) bond motifs is 1. The van der Waals surface area contributed by atoms with Crippen LogP contribution < -0.4 is 4.90 Å². The van der Waals surface area contributed by atoms with Crippen molar-refractivity contribution in [2.75, 3.05) is 11.4 Å². The molecule has 0 N–H and O–H groups in total. The quantitative estimate of drug-likeness (QED) is 0.331. The average Bonchev–Trinajstić information content (AvgIpc) is 3.44. The summed E-state index contributed by atoms with van der Waals surface area (Å²) in [5.74, 6) is 1.24. The third-order valence-electron chi connectivity index (χ3n) is 6.85. The number of unbranched alkanes of at least 4 members (excludes halogenated alkanes) is 1. The van der Waals surface area contributed by atoms with Crippen molar-refractivity contribution in [2.45, 2.75) is 51.5 Å². The van der Waals surface area contributed by atoms with Gasteiger partial charge in [-0.3, -0.25) is 4.79 Å². The Kier molecular flexibility index (Phi) is 5.99. The first kappa shape index (κ1) is 21.4. The molecule has 1 saturated heterocycles. The molecule has 0 aliphatic carbocycles. The number of aromatic nitrogens is 2. The Balaban J connectivity index is 1.47. The molecule has 3 aromatic carbocycles. The van der Waals surface area contributed by atoms with Gasteiger partial charge in [0.05, 0.1) is 17.1 Å². The van der Waals surface area contributed by atoms with E-state index in [1.807, 2.05) is 17.0 Å². The largest absolute Gasteiger partial charge is 0.320 e. The Bertz CT molecular complexity index is 1240. The standard InChI is InChI=1S/C29H31N3O/c1-3-4-10-22-15-17-25(18-16-22)31-20-24(19-28(31)33)29-30-26-13-8-9-14-27(26)32(29)21(2)23-11-6-5-7-12-23/h5-9,11-18,21,24H,3-4,10,19-20H2,1-2H3. The van der Waals surface area contributed by atoms with Gasteiger partial charge in [-0.05, 0) is 55.2 Å². The van der Waals surface area contributed by atoms with Gasteiger partial charge in [-0.2, -0.15) is 0 Å². The van der Waals surface area contributed by atoms with Gasteiger partial charge in [-0.1, -0.05) is 67.9 Å². The molecule has 33 heavy (non-hydrogen) atoms. The van der Waals surface area contributed by atoms with Crippen LogP contribution in [0.25, 0.3) is 11.0 Å². The Labute approximate surface area is 195 Å². The van der Waals surface area contributed by atoms with Crippen molar-refractivity contribution >= 4 is 22.6 Å². The molecule has 2 unspecified atom stereocenters. The number of para-hydroxylation sites is 2. The van der Waals surface area contributed by atoms with Gasteiger partial charge in [0.2, 0.25) is 5.91 Å². The molecule has 2 atom stereocenters. The average molecular weight is 438 g/mol. The van der Waals surface area contributed by atoms with Gasteiger partial charge < -0.3 is 9.47 Å². The molecule has 0 bridgehead atoms. The van der Waals surface area contributed by atoms with E-state index in [2.05, 4.69) is 85.1 Å². The number of hydrogen-bond acceptors (Lipinski definition) is 2. The minimum atomic E-state index is 0.0656. The van der Waals surface area contributed by atoms with Crippen LogP contribution in [0.15, 0.2) is 78.9 Å². The second-order valence-electron chi connectivity index (χ2n) is 9.09. The van der Waals surface area contributed by atoms with Crippen molar-refractivity contribution in [3.8, 4) is 0 Å². The number of rotatable bonds is 7. The van der Waals surface area contributed by atoms with Crippen molar-refractivity contribution in [3.63, 3.8) is 0 Å². The fraction of sp³-hybridized carbons (Fsp3) is 0.310. The molecule has 4 aromatic rings. The third kappa shape index (κ3) is 4.18. The number of nitrogens with zero attached hydrogens (tertiary/aromatic N) is 3. The molecule has 5 rings (SSSR count). The summed E-state index contributed by atoms with van der Waals surface area (Å²) in [5, 5.41) is 0. The molecule has 1 aliphatic heterocycles. The van der Waals surface area contributed by atoms with Crippen LogP contribution in [-0.2, 0) is 11.2 Å². The molecule has 4 nitrogen and oxygen atoms in total. The minimum absolute atomic E-state index is 0.0656. The van der Waals surface area contributed by atoms with Crippen LogP contribution in [0.4, 0.5) is 5.69 Å². The number of imidazole rings is 1. The minimum Gasteiger partial charge on any atom is -0.320 e. The monoisotopic (exact) mass is 437 g/mol. The lowest BCUT2D eigenvalue weighted by atomic mass is 10.0. The summed E-state index contributed by atoms with van der Waals surface area (Å²) in [7, 11) is 0. The summed E-state index contributed by atoms with van der Waals surface area (Å²) in [6.45, 7) is 5.10. The van der Waals surface area contributed by atoms with E-state index >= 15 is 0 Å². The normalized spacial score (nSPS) is 17.1. The molecule has 168 valence electrons. The van der Waals surface area contributed by atoms with E-state index in [1.165, 1.54) is 24.0 Å². The molecule has 4 heteroatoms. The smallest absolute Gasteiger partial charge is 0.227 e. The topological polar surface area (TPSA) is 38.1 Å². The van der Waals surface area contributed by atoms with Crippen LogP contribution in [0, 0.1) is 0 Å². The van der Waals surface area contributed by atoms with Gasteiger partial charge in [0.1, 0.15) is 5.82 Å². The maximum atomic E-state index is 13.1. The lowest BCUT2D eigenvalue weighted by molar-refractivity contribution is -0.117. The molecule has 0 saturated carbocycles. The van der Waals surface area contributed by atoms with E-state index in [1.54, 1.807) is 0 Å². The summed E-state index contributed by atoms with van der Waals surface area (Å²) in [5.41, 5.74) is 5.67. The van der Waals surface area contributed by atoms with Crippen LogP contribution in [0.2, 0.25) is 0 Å².